The number of carbonyl (C=O) groups excluding carboxylic acids is 1. The first-order valence-electron chi connectivity index (χ1n) is 2.65. The highest BCUT2D eigenvalue weighted by Gasteiger charge is 2.21. The average molecular weight is 112 g/mol. The number of allylic oxidation sites excluding steroid dienone is 2. The third-order valence-electron chi connectivity index (χ3n) is 1.36. The highest BCUT2D eigenvalue weighted by molar-refractivity contribution is 5.96. The van der Waals surface area contributed by atoms with Gasteiger partial charge in [-0.1, -0.05) is 6.92 Å². The van der Waals surface area contributed by atoms with E-state index in [2.05, 4.69) is 0 Å². The van der Waals surface area contributed by atoms with Gasteiger partial charge < -0.3 is 5.11 Å². The van der Waals surface area contributed by atoms with Crippen molar-refractivity contribution >= 4 is 5.78 Å². The van der Waals surface area contributed by atoms with Gasteiger partial charge in [-0.05, 0) is 12.5 Å². The van der Waals surface area contributed by atoms with Gasteiger partial charge in [-0.15, -0.1) is 0 Å². The molecule has 0 spiro atoms. The molecule has 0 aromatic rings. The van der Waals surface area contributed by atoms with E-state index in [-0.39, 0.29) is 17.5 Å². The zero-order chi connectivity index (χ0) is 6.15. The van der Waals surface area contributed by atoms with Gasteiger partial charge in [0.05, 0.1) is 0 Å². The standard InChI is InChI=1S/C6H8O2/c1-4-2-3-5(7)6(4)8/h3-4,7H,2H2,1H3/t4-/m0/s1. The molecule has 1 aliphatic carbocycles. The van der Waals surface area contributed by atoms with Crippen molar-refractivity contribution < 1.29 is 9.90 Å². The summed E-state index contributed by atoms with van der Waals surface area (Å²) in [4.78, 5) is 10.6. The van der Waals surface area contributed by atoms with Crippen molar-refractivity contribution in [3.8, 4) is 0 Å². The molecule has 0 saturated carbocycles. The molecule has 1 aliphatic rings. The summed E-state index contributed by atoms with van der Waals surface area (Å²) >= 11 is 0. The molecule has 0 heterocycles. The summed E-state index contributed by atoms with van der Waals surface area (Å²) in [5.41, 5.74) is 0. The van der Waals surface area contributed by atoms with Gasteiger partial charge in [0.25, 0.3) is 0 Å². The number of aliphatic hydroxyl groups excluding tert-OH is 1. The summed E-state index contributed by atoms with van der Waals surface area (Å²) in [6, 6.07) is 0. The molecule has 0 unspecified atom stereocenters. The number of Topliss-reactive ketones (excluding diaryl/α,β-unsaturated/α-hetero) is 1. The number of ketones is 1. The van der Waals surface area contributed by atoms with Gasteiger partial charge in [0.15, 0.2) is 11.5 Å². The van der Waals surface area contributed by atoms with Crippen LogP contribution in [-0.2, 0) is 4.79 Å². The summed E-state index contributed by atoms with van der Waals surface area (Å²) in [5.74, 6) is -0.169. The molecule has 1 rings (SSSR count). The molecule has 2 nitrogen and oxygen atoms in total. The number of hydrogen-bond donors (Lipinski definition) is 1. The Morgan fingerprint density at radius 1 is 1.88 bits per heavy atom. The Hall–Kier alpha value is -0.790. The lowest BCUT2D eigenvalue weighted by molar-refractivity contribution is -0.120. The van der Waals surface area contributed by atoms with Crippen molar-refractivity contribution in [2.24, 2.45) is 5.92 Å². The predicted octanol–water partition coefficient (Wildman–Crippen LogP) is 1.04. The maximum Gasteiger partial charge on any atom is 0.199 e. The van der Waals surface area contributed by atoms with E-state index in [1.165, 1.54) is 0 Å². The van der Waals surface area contributed by atoms with Crippen LogP contribution in [0.5, 0.6) is 0 Å². The minimum atomic E-state index is -0.120. The van der Waals surface area contributed by atoms with Crippen molar-refractivity contribution in [2.45, 2.75) is 13.3 Å². The SMILES string of the molecule is C[C@H]1CC=C(O)C1=O. The average Bonchev–Trinajstić information content (AvgIpc) is 1.98. The fourth-order valence-electron chi connectivity index (χ4n) is 0.748. The van der Waals surface area contributed by atoms with E-state index in [9.17, 15) is 4.79 Å². The van der Waals surface area contributed by atoms with Crippen LogP contribution < -0.4 is 0 Å². The molecule has 8 heavy (non-hydrogen) atoms. The fourth-order valence-corrected chi connectivity index (χ4v) is 0.748. The van der Waals surface area contributed by atoms with Gasteiger partial charge in [-0.25, -0.2) is 0 Å². The van der Waals surface area contributed by atoms with Gasteiger partial charge >= 0.3 is 0 Å². The van der Waals surface area contributed by atoms with Crippen LogP contribution in [0.1, 0.15) is 13.3 Å². The second-order valence-electron chi connectivity index (χ2n) is 2.09. The molecule has 1 atom stereocenters. The van der Waals surface area contributed by atoms with Crippen molar-refractivity contribution in [3.63, 3.8) is 0 Å². The molecule has 0 fully saturated rings. The Morgan fingerprint density at radius 2 is 2.50 bits per heavy atom. The topological polar surface area (TPSA) is 37.3 Å². The summed E-state index contributed by atoms with van der Waals surface area (Å²) in [6.07, 6.45) is 2.26. The van der Waals surface area contributed by atoms with Crippen LogP contribution in [-0.4, -0.2) is 10.9 Å². The minimum absolute atomic E-state index is 0.00926. The molecular weight excluding hydrogens is 104 g/mol. The highest BCUT2D eigenvalue weighted by atomic mass is 16.3. The number of hydrogen-bond acceptors (Lipinski definition) is 2. The van der Waals surface area contributed by atoms with Crippen LogP contribution in [0.25, 0.3) is 0 Å². The third-order valence-corrected chi connectivity index (χ3v) is 1.36. The zero-order valence-corrected chi connectivity index (χ0v) is 4.72. The summed E-state index contributed by atoms with van der Waals surface area (Å²) in [7, 11) is 0. The van der Waals surface area contributed by atoms with E-state index in [1.807, 2.05) is 6.92 Å². The van der Waals surface area contributed by atoms with Crippen molar-refractivity contribution in [1.29, 1.82) is 0 Å². The molecule has 1 N–H and O–H groups in total. The maximum absolute atomic E-state index is 10.6. The van der Waals surface area contributed by atoms with Gasteiger partial charge in [0, 0.05) is 5.92 Å². The maximum atomic E-state index is 10.6. The molecule has 44 valence electrons. The quantitative estimate of drug-likeness (QED) is 0.508. The van der Waals surface area contributed by atoms with Crippen LogP contribution >= 0.6 is 0 Å². The highest BCUT2D eigenvalue weighted by Crippen LogP contribution is 2.17. The van der Waals surface area contributed by atoms with Crippen molar-refractivity contribution in [2.75, 3.05) is 0 Å². The Kier molecular flexibility index (Phi) is 1.08. The first kappa shape index (κ1) is 5.35. The molecular formula is C6H8O2. The van der Waals surface area contributed by atoms with Crippen LogP contribution in [0.4, 0.5) is 0 Å². The first-order valence-corrected chi connectivity index (χ1v) is 2.65. The number of aliphatic hydroxyl groups is 1. The molecule has 0 amide bonds. The third kappa shape index (κ3) is 0.619. The summed E-state index contributed by atoms with van der Waals surface area (Å²) < 4.78 is 0. The molecule has 0 aromatic carbocycles. The lowest BCUT2D eigenvalue weighted by Crippen LogP contribution is -2.04. The van der Waals surface area contributed by atoms with Crippen LogP contribution in [0.15, 0.2) is 11.8 Å². The van der Waals surface area contributed by atoms with E-state index in [4.69, 9.17) is 5.11 Å². The second-order valence-corrected chi connectivity index (χ2v) is 2.09. The molecule has 0 aliphatic heterocycles. The van der Waals surface area contributed by atoms with Gasteiger partial charge in [0.2, 0.25) is 0 Å². The van der Waals surface area contributed by atoms with E-state index in [0.29, 0.717) is 6.42 Å². The van der Waals surface area contributed by atoms with E-state index in [0.717, 1.165) is 0 Å². The largest absolute Gasteiger partial charge is 0.505 e. The van der Waals surface area contributed by atoms with E-state index >= 15 is 0 Å². The van der Waals surface area contributed by atoms with Crippen molar-refractivity contribution in [3.05, 3.63) is 11.8 Å². The summed E-state index contributed by atoms with van der Waals surface area (Å²) in [5, 5.41) is 8.68. The first-order chi connectivity index (χ1) is 3.72. The minimum Gasteiger partial charge on any atom is -0.505 e. The molecule has 0 radical (unpaired) electrons. The predicted molar refractivity (Wildman–Crippen MR) is 29.5 cm³/mol. The van der Waals surface area contributed by atoms with Gasteiger partial charge in [-0.2, -0.15) is 0 Å². The Labute approximate surface area is 47.8 Å². The van der Waals surface area contributed by atoms with Crippen molar-refractivity contribution in [1.82, 2.24) is 0 Å². The normalized spacial score (nSPS) is 28.4. The van der Waals surface area contributed by atoms with Gasteiger partial charge in [-0.3, -0.25) is 4.79 Å². The molecule has 2 heteroatoms. The Bertz CT molecular complexity index is 147. The Balaban J connectivity index is 2.73. The zero-order valence-electron chi connectivity index (χ0n) is 4.72. The smallest absolute Gasteiger partial charge is 0.199 e. The fraction of sp³-hybridized carbons (Fsp3) is 0.500. The van der Waals surface area contributed by atoms with E-state index < -0.39 is 0 Å². The molecule has 0 saturated heterocycles. The number of rotatable bonds is 0. The van der Waals surface area contributed by atoms with Gasteiger partial charge in [0.1, 0.15) is 0 Å². The molecule has 0 aromatic heterocycles. The molecule has 0 bridgehead atoms. The Morgan fingerprint density at radius 3 is 2.62 bits per heavy atom. The monoisotopic (exact) mass is 112 g/mol. The lowest BCUT2D eigenvalue weighted by Gasteiger charge is -1.93. The van der Waals surface area contributed by atoms with Crippen LogP contribution in [0.3, 0.4) is 0 Å². The number of carbonyl (C=O) groups is 1. The lowest BCUT2D eigenvalue weighted by atomic mass is 10.1. The second kappa shape index (κ2) is 1.62. The summed E-state index contributed by atoms with van der Waals surface area (Å²) in [6.45, 7) is 1.81. The van der Waals surface area contributed by atoms with E-state index in [1.54, 1.807) is 6.08 Å². The van der Waals surface area contributed by atoms with Crippen LogP contribution in [0, 0.1) is 5.92 Å². The van der Waals surface area contributed by atoms with Crippen LogP contribution in [0.2, 0.25) is 0 Å².